The van der Waals surface area contributed by atoms with Gasteiger partial charge in [-0.05, 0) is 56.7 Å². The van der Waals surface area contributed by atoms with E-state index in [0.717, 1.165) is 0 Å². The van der Waals surface area contributed by atoms with E-state index in [0.29, 0.717) is 66.6 Å². The fourth-order valence-electron chi connectivity index (χ4n) is 4.26. The van der Waals surface area contributed by atoms with E-state index in [1.165, 1.54) is 12.1 Å². The Balaban J connectivity index is 1.51. The van der Waals surface area contributed by atoms with Crippen molar-refractivity contribution in [1.82, 2.24) is 19.6 Å². The Bertz CT molecular complexity index is 1170. The molecule has 0 aliphatic carbocycles. The number of halogens is 1. The second-order valence-corrected chi connectivity index (χ2v) is 8.07. The van der Waals surface area contributed by atoms with Gasteiger partial charge < -0.3 is 14.5 Å². The van der Waals surface area contributed by atoms with Crippen molar-refractivity contribution in [2.24, 2.45) is 0 Å². The van der Waals surface area contributed by atoms with Gasteiger partial charge in [-0.1, -0.05) is 12.1 Å². The van der Waals surface area contributed by atoms with Crippen molar-refractivity contribution < 1.29 is 18.7 Å². The molecule has 1 aliphatic heterocycles. The van der Waals surface area contributed by atoms with Crippen LogP contribution in [0.3, 0.4) is 0 Å². The molecule has 7 nitrogen and oxygen atoms in total. The van der Waals surface area contributed by atoms with Crippen LogP contribution in [0.1, 0.15) is 38.5 Å². The van der Waals surface area contributed by atoms with Crippen molar-refractivity contribution in [3.05, 3.63) is 76.9 Å². The SMILES string of the molecule is COc1ccccc1C(=O)N1CCCN(C(=O)c2c(C)nn(-c3ccc(F)cc3)c2C)CC1. The van der Waals surface area contributed by atoms with Gasteiger partial charge in [-0.2, -0.15) is 5.10 Å². The normalized spacial score (nSPS) is 14.2. The number of para-hydroxylation sites is 1. The predicted octanol–water partition coefficient (Wildman–Crippen LogP) is 3.63. The molecule has 0 spiro atoms. The van der Waals surface area contributed by atoms with Gasteiger partial charge in [0.2, 0.25) is 0 Å². The zero-order valence-corrected chi connectivity index (χ0v) is 19.0. The number of aromatic nitrogens is 2. The first-order chi connectivity index (χ1) is 15.9. The molecule has 0 saturated carbocycles. The fraction of sp³-hybridized carbons (Fsp3) is 0.320. The molecule has 8 heteroatoms. The Labute approximate surface area is 192 Å². The minimum Gasteiger partial charge on any atom is -0.496 e. The summed E-state index contributed by atoms with van der Waals surface area (Å²) < 4.78 is 20.3. The number of hydrogen-bond donors (Lipinski definition) is 0. The van der Waals surface area contributed by atoms with E-state index in [1.54, 1.807) is 52.8 Å². The second-order valence-electron chi connectivity index (χ2n) is 8.07. The van der Waals surface area contributed by atoms with Crippen LogP contribution >= 0.6 is 0 Å². The number of aryl methyl sites for hydroxylation is 1. The van der Waals surface area contributed by atoms with Gasteiger partial charge in [-0.15, -0.1) is 0 Å². The van der Waals surface area contributed by atoms with Gasteiger partial charge in [-0.25, -0.2) is 9.07 Å². The molecule has 0 N–H and O–H groups in total. The van der Waals surface area contributed by atoms with Crippen LogP contribution in [0, 0.1) is 19.7 Å². The number of methoxy groups -OCH3 is 1. The Morgan fingerprint density at radius 3 is 2.21 bits per heavy atom. The third-order valence-corrected chi connectivity index (χ3v) is 5.98. The summed E-state index contributed by atoms with van der Waals surface area (Å²) in [7, 11) is 1.55. The van der Waals surface area contributed by atoms with Gasteiger partial charge in [0.05, 0.1) is 35.3 Å². The van der Waals surface area contributed by atoms with Gasteiger partial charge in [0, 0.05) is 26.2 Å². The summed E-state index contributed by atoms with van der Waals surface area (Å²) in [4.78, 5) is 30.1. The molecule has 2 amide bonds. The van der Waals surface area contributed by atoms with Gasteiger partial charge in [0.1, 0.15) is 11.6 Å². The maximum atomic E-state index is 13.4. The molecule has 0 bridgehead atoms. The van der Waals surface area contributed by atoms with Gasteiger partial charge in [0.25, 0.3) is 11.8 Å². The van der Waals surface area contributed by atoms with Crippen molar-refractivity contribution in [1.29, 1.82) is 0 Å². The van der Waals surface area contributed by atoms with Crippen molar-refractivity contribution in [2.45, 2.75) is 20.3 Å². The lowest BCUT2D eigenvalue weighted by Gasteiger charge is -2.23. The predicted molar refractivity (Wildman–Crippen MR) is 122 cm³/mol. The van der Waals surface area contributed by atoms with Crippen LogP contribution in [0.15, 0.2) is 48.5 Å². The monoisotopic (exact) mass is 450 g/mol. The quantitative estimate of drug-likeness (QED) is 0.609. The molecule has 4 rings (SSSR count). The summed E-state index contributed by atoms with van der Waals surface area (Å²) >= 11 is 0. The molecule has 2 aromatic carbocycles. The van der Waals surface area contributed by atoms with E-state index in [4.69, 9.17) is 4.74 Å². The summed E-state index contributed by atoms with van der Waals surface area (Å²) in [5, 5.41) is 4.52. The van der Waals surface area contributed by atoms with Crippen LogP contribution in [0.2, 0.25) is 0 Å². The average Bonchev–Trinajstić information content (AvgIpc) is 2.99. The zero-order chi connectivity index (χ0) is 23.5. The number of carbonyl (C=O) groups is 2. The fourth-order valence-corrected chi connectivity index (χ4v) is 4.26. The number of rotatable bonds is 4. The number of benzene rings is 2. The number of amides is 2. The summed E-state index contributed by atoms with van der Waals surface area (Å²) in [5.41, 5.74) is 3.08. The van der Waals surface area contributed by atoms with E-state index in [-0.39, 0.29) is 17.6 Å². The van der Waals surface area contributed by atoms with Crippen molar-refractivity contribution in [2.75, 3.05) is 33.3 Å². The number of ether oxygens (including phenoxy) is 1. The average molecular weight is 451 g/mol. The van der Waals surface area contributed by atoms with Gasteiger partial charge in [0.15, 0.2) is 0 Å². The van der Waals surface area contributed by atoms with Crippen LogP contribution in [0.5, 0.6) is 5.75 Å². The largest absolute Gasteiger partial charge is 0.496 e. The van der Waals surface area contributed by atoms with E-state index in [2.05, 4.69) is 5.10 Å². The highest BCUT2D eigenvalue weighted by Crippen LogP contribution is 2.23. The number of carbonyl (C=O) groups excluding carboxylic acids is 2. The zero-order valence-electron chi connectivity index (χ0n) is 19.0. The van der Waals surface area contributed by atoms with Gasteiger partial charge >= 0.3 is 0 Å². The van der Waals surface area contributed by atoms with Crippen LogP contribution < -0.4 is 4.74 Å². The molecule has 3 aromatic rings. The topological polar surface area (TPSA) is 67.7 Å². The molecule has 33 heavy (non-hydrogen) atoms. The molecule has 1 fully saturated rings. The minimum absolute atomic E-state index is 0.0989. The van der Waals surface area contributed by atoms with Gasteiger partial charge in [-0.3, -0.25) is 9.59 Å². The number of hydrogen-bond acceptors (Lipinski definition) is 4. The summed E-state index contributed by atoms with van der Waals surface area (Å²) in [6, 6.07) is 13.2. The second kappa shape index (κ2) is 9.44. The first kappa shape index (κ1) is 22.5. The highest BCUT2D eigenvalue weighted by Gasteiger charge is 2.28. The third-order valence-electron chi connectivity index (χ3n) is 5.98. The van der Waals surface area contributed by atoms with Crippen LogP contribution in [0.25, 0.3) is 5.69 Å². The molecule has 0 atom stereocenters. The maximum Gasteiger partial charge on any atom is 0.257 e. The highest BCUT2D eigenvalue weighted by molar-refractivity contribution is 5.98. The molecule has 1 aliphatic rings. The molecule has 172 valence electrons. The Morgan fingerprint density at radius 1 is 0.909 bits per heavy atom. The number of nitrogens with zero attached hydrogens (tertiary/aromatic N) is 4. The Kier molecular flexibility index (Phi) is 6.44. The molecular formula is C25H27FN4O3. The van der Waals surface area contributed by atoms with Crippen LogP contribution in [0.4, 0.5) is 4.39 Å². The maximum absolute atomic E-state index is 13.4. The first-order valence-electron chi connectivity index (χ1n) is 10.9. The Morgan fingerprint density at radius 2 is 1.55 bits per heavy atom. The summed E-state index contributed by atoms with van der Waals surface area (Å²) in [6.45, 7) is 5.62. The molecule has 0 unspecified atom stereocenters. The molecule has 0 radical (unpaired) electrons. The van der Waals surface area contributed by atoms with E-state index >= 15 is 0 Å². The molecule has 1 saturated heterocycles. The lowest BCUT2D eigenvalue weighted by Crippen LogP contribution is -2.37. The summed E-state index contributed by atoms with van der Waals surface area (Å²) in [5.74, 6) is 0.00991. The Hall–Kier alpha value is -3.68. The van der Waals surface area contributed by atoms with E-state index in [1.807, 2.05) is 19.1 Å². The lowest BCUT2D eigenvalue weighted by molar-refractivity contribution is 0.0716. The lowest BCUT2D eigenvalue weighted by atomic mass is 10.1. The van der Waals surface area contributed by atoms with Crippen LogP contribution in [-0.2, 0) is 0 Å². The minimum atomic E-state index is -0.326. The van der Waals surface area contributed by atoms with E-state index < -0.39 is 0 Å². The molecule has 2 heterocycles. The van der Waals surface area contributed by atoms with Crippen LogP contribution in [-0.4, -0.2) is 64.7 Å². The van der Waals surface area contributed by atoms with E-state index in [9.17, 15) is 14.0 Å². The third kappa shape index (κ3) is 4.46. The van der Waals surface area contributed by atoms with Crippen molar-refractivity contribution in [3.63, 3.8) is 0 Å². The highest BCUT2D eigenvalue weighted by atomic mass is 19.1. The molecule has 1 aromatic heterocycles. The van der Waals surface area contributed by atoms with Crippen molar-refractivity contribution >= 4 is 11.8 Å². The standard InChI is InChI=1S/C25H27FN4O3/c1-17-23(18(2)30(27-17)20-11-9-19(26)10-12-20)25(32)29-14-6-13-28(15-16-29)24(31)21-7-4-5-8-22(21)33-3/h4-5,7-12H,6,13-16H2,1-3H3. The smallest absolute Gasteiger partial charge is 0.257 e. The first-order valence-corrected chi connectivity index (χ1v) is 10.9. The summed E-state index contributed by atoms with van der Waals surface area (Å²) in [6.07, 6.45) is 0.677. The molecular weight excluding hydrogens is 423 g/mol. The van der Waals surface area contributed by atoms with Crippen molar-refractivity contribution in [3.8, 4) is 11.4 Å².